The van der Waals surface area contributed by atoms with Crippen molar-refractivity contribution in [2.75, 3.05) is 14.2 Å². The van der Waals surface area contributed by atoms with Gasteiger partial charge in [-0.05, 0) is 38.6 Å². The van der Waals surface area contributed by atoms with Crippen LogP contribution in [0.25, 0.3) is 0 Å². The summed E-state index contributed by atoms with van der Waals surface area (Å²) in [6, 6.07) is 9.23. The van der Waals surface area contributed by atoms with Gasteiger partial charge in [0, 0.05) is 6.04 Å². The van der Waals surface area contributed by atoms with E-state index in [0.717, 1.165) is 5.56 Å². The van der Waals surface area contributed by atoms with Crippen LogP contribution in [0.5, 0.6) is 0 Å². The molecule has 4 heteroatoms. The molecular formula is C14H18N2O2. The van der Waals surface area contributed by atoms with E-state index in [-0.39, 0.29) is 18.1 Å². The van der Waals surface area contributed by atoms with Crippen LogP contribution in [0.3, 0.4) is 0 Å². The lowest BCUT2D eigenvalue weighted by Gasteiger charge is -2.29. The smallest absolute Gasteiger partial charge is 0.322 e. The molecule has 0 spiro atoms. The molecule has 0 fully saturated rings. The summed E-state index contributed by atoms with van der Waals surface area (Å²) in [6.07, 6.45) is 0. The van der Waals surface area contributed by atoms with Gasteiger partial charge in [0.05, 0.1) is 18.7 Å². The van der Waals surface area contributed by atoms with Crippen LogP contribution in [0.15, 0.2) is 24.3 Å². The molecular weight excluding hydrogens is 228 g/mol. The third-order valence-corrected chi connectivity index (χ3v) is 3.26. The second-order valence-corrected chi connectivity index (χ2v) is 4.28. The van der Waals surface area contributed by atoms with Gasteiger partial charge in [0.1, 0.15) is 6.04 Å². The Morgan fingerprint density at radius 3 is 2.67 bits per heavy atom. The number of benzene rings is 1. The Kier molecular flexibility index (Phi) is 4.87. The summed E-state index contributed by atoms with van der Waals surface area (Å²) in [4.78, 5) is 13.4. The summed E-state index contributed by atoms with van der Waals surface area (Å²) >= 11 is 0. The lowest BCUT2D eigenvalue weighted by atomic mass is 10.0. The first-order valence-electron chi connectivity index (χ1n) is 5.81. The highest BCUT2D eigenvalue weighted by Gasteiger charge is 2.23. The highest BCUT2D eigenvalue weighted by atomic mass is 16.5. The summed E-state index contributed by atoms with van der Waals surface area (Å²) in [5.41, 5.74) is 1.63. The molecule has 0 aliphatic carbocycles. The zero-order valence-corrected chi connectivity index (χ0v) is 11.2. The molecule has 1 aromatic rings. The second kappa shape index (κ2) is 6.18. The van der Waals surface area contributed by atoms with Gasteiger partial charge in [0.25, 0.3) is 0 Å². The van der Waals surface area contributed by atoms with E-state index in [0.29, 0.717) is 5.56 Å². The number of hydrogen-bond acceptors (Lipinski definition) is 4. The second-order valence-electron chi connectivity index (χ2n) is 4.28. The first-order valence-corrected chi connectivity index (χ1v) is 5.81. The number of ether oxygens (including phenoxy) is 1. The first kappa shape index (κ1) is 14.2. The summed E-state index contributed by atoms with van der Waals surface area (Å²) in [6.45, 7) is 3.80. The zero-order chi connectivity index (χ0) is 13.7. The van der Waals surface area contributed by atoms with Crippen LogP contribution in [0.4, 0.5) is 0 Å². The van der Waals surface area contributed by atoms with Crippen LogP contribution in [0, 0.1) is 11.3 Å². The van der Waals surface area contributed by atoms with Gasteiger partial charge in [-0.2, -0.15) is 5.26 Å². The molecule has 18 heavy (non-hydrogen) atoms. The summed E-state index contributed by atoms with van der Waals surface area (Å²) in [7, 11) is 3.25. The number of hydrogen-bond donors (Lipinski definition) is 0. The van der Waals surface area contributed by atoms with Crippen LogP contribution >= 0.6 is 0 Å². The molecule has 1 rings (SSSR count). The van der Waals surface area contributed by atoms with Gasteiger partial charge in [0.15, 0.2) is 0 Å². The van der Waals surface area contributed by atoms with Crippen molar-refractivity contribution in [1.82, 2.24) is 4.90 Å². The minimum atomic E-state index is -0.323. The monoisotopic (exact) mass is 246 g/mol. The molecule has 0 aliphatic rings. The summed E-state index contributed by atoms with van der Waals surface area (Å²) < 4.78 is 4.73. The molecule has 0 saturated carbocycles. The van der Waals surface area contributed by atoms with Crippen LogP contribution in [-0.4, -0.2) is 31.1 Å². The Morgan fingerprint density at radius 1 is 1.44 bits per heavy atom. The van der Waals surface area contributed by atoms with E-state index in [1.54, 1.807) is 13.0 Å². The maximum absolute atomic E-state index is 11.5. The number of methoxy groups -OCH3 is 1. The topological polar surface area (TPSA) is 53.3 Å². The van der Waals surface area contributed by atoms with Crippen molar-refractivity contribution in [2.45, 2.75) is 25.9 Å². The Morgan fingerprint density at radius 2 is 2.11 bits per heavy atom. The third-order valence-electron chi connectivity index (χ3n) is 3.26. The maximum Gasteiger partial charge on any atom is 0.322 e. The molecule has 0 aromatic heterocycles. The van der Waals surface area contributed by atoms with Crippen molar-refractivity contribution in [3.05, 3.63) is 35.4 Å². The number of nitrogens with zero attached hydrogens (tertiary/aromatic N) is 2. The average Bonchev–Trinajstić information content (AvgIpc) is 2.43. The molecule has 4 nitrogen and oxygen atoms in total. The first-order chi connectivity index (χ1) is 8.51. The van der Waals surface area contributed by atoms with Gasteiger partial charge in [-0.25, -0.2) is 0 Å². The van der Waals surface area contributed by atoms with E-state index >= 15 is 0 Å². The fourth-order valence-corrected chi connectivity index (χ4v) is 1.78. The third kappa shape index (κ3) is 3.08. The van der Waals surface area contributed by atoms with Gasteiger partial charge in [-0.3, -0.25) is 9.69 Å². The SMILES string of the molecule is COC(=O)C(C)N(C)C(C)c1cccc(C#N)c1. The molecule has 0 saturated heterocycles. The molecule has 96 valence electrons. The zero-order valence-electron chi connectivity index (χ0n) is 11.2. The predicted molar refractivity (Wildman–Crippen MR) is 68.8 cm³/mol. The number of carbonyl (C=O) groups excluding carboxylic acids is 1. The molecule has 2 atom stereocenters. The van der Waals surface area contributed by atoms with Crippen LogP contribution < -0.4 is 0 Å². The van der Waals surface area contributed by atoms with Crippen molar-refractivity contribution in [1.29, 1.82) is 5.26 Å². The van der Waals surface area contributed by atoms with Crippen molar-refractivity contribution in [3.63, 3.8) is 0 Å². The lowest BCUT2D eigenvalue weighted by Crippen LogP contribution is -2.38. The molecule has 0 bridgehead atoms. The van der Waals surface area contributed by atoms with Crippen LogP contribution in [0.2, 0.25) is 0 Å². The van der Waals surface area contributed by atoms with E-state index in [1.807, 2.05) is 37.1 Å². The van der Waals surface area contributed by atoms with Gasteiger partial charge >= 0.3 is 5.97 Å². The summed E-state index contributed by atoms with van der Waals surface area (Å²) in [5.74, 6) is -0.263. The van der Waals surface area contributed by atoms with Gasteiger partial charge < -0.3 is 4.74 Å². The number of nitriles is 1. The molecule has 2 unspecified atom stereocenters. The van der Waals surface area contributed by atoms with Gasteiger partial charge in [-0.15, -0.1) is 0 Å². The number of carbonyl (C=O) groups is 1. The Bertz CT molecular complexity index is 465. The maximum atomic E-state index is 11.5. The Labute approximate surface area is 108 Å². The number of rotatable bonds is 4. The lowest BCUT2D eigenvalue weighted by molar-refractivity contribution is -0.146. The molecule has 0 amide bonds. The van der Waals surface area contributed by atoms with Crippen molar-refractivity contribution in [2.24, 2.45) is 0 Å². The van der Waals surface area contributed by atoms with E-state index in [9.17, 15) is 4.79 Å². The minimum absolute atomic E-state index is 0.0346. The fraction of sp³-hybridized carbons (Fsp3) is 0.429. The van der Waals surface area contributed by atoms with E-state index in [4.69, 9.17) is 10.00 Å². The van der Waals surface area contributed by atoms with E-state index < -0.39 is 0 Å². The quantitative estimate of drug-likeness (QED) is 0.763. The van der Waals surface area contributed by atoms with Crippen molar-refractivity contribution >= 4 is 5.97 Å². The number of esters is 1. The average molecular weight is 246 g/mol. The number of likely N-dealkylation sites (N-methyl/N-ethyl adjacent to an activating group) is 1. The molecule has 0 radical (unpaired) electrons. The Balaban J connectivity index is 2.89. The fourth-order valence-electron chi connectivity index (χ4n) is 1.78. The highest BCUT2D eigenvalue weighted by molar-refractivity contribution is 5.75. The van der Waals surface area contributed by atoms with Crippen molar-refractivity contribution < 1.29 is 9.53 Å². The van der Waals surface area contributed by atoms with Gasteiger partial charge in [-0.1, -0.05) is 12.1 Å². The highest BCUT2D eigenvalue weighted by Crippen LogP contribution is 2.21. The minimum Gasteiger partial charge on any atom is -0.468 e. The molecule has 0 heterocycles. The molecule has 0 aliphatic heterocycles. The Hall–Kier alpha value is -1.86. The largest absolute Gasteiger partial charge is 0.468 e. The normalized spacial score (nSPS) is 13.8. The predicted octanol–water partition coefficient (Wildman–Crippen LogP) is 2.11. The standard InChI is InChI=1S/C14H18N2O2/c1-10(16(3)11(2)14(17)18-4)13-7-5-6-12(8-13)9-15/h5-8,10-11H,1-4H3. The summed E-state index contributed by atoms with van der Waals surface area (Å²) in [5, 5.41) is 8.88. The molecule has 1 aromatic carbocycles. The van der Waals surface area contributed by atoms with E-state index in [1.165, 1.54) is 7.11 Å². The van der Waals surface area contributed by atoms with Gasteiger partial charge in [0.2, 0.25) is 0 Å². The van der Waals surface area contributed by atoms with E-state index in [2.05, 4.69) is 6.07 Å². The van der Waals surface area contributed by atoms with Crippen LogP contribution in [0.1, 0.15) is 31.0 Å². The molecule has 0 N–H and O–H groups in total. The van der Waals surface area contributed by atoms with Crippen LogP contribution in [-0.2, 0) is 9.53 Å². The van der Waals surface area contributed by atoms with Crippen molar-refractivity contribution in [3.8, 4) is 6.07 Å².